The Kier molecular flexibility index (Phi) is 7.28. The molecule has 4 rings (SSSR count). The van der Waals surface area contributed by atoms with Gasteiger partial charge in [0.25, 0.3) is 5.91 Å². The molecule has 0 saturated heterocycles. The van der Waals surface area contributed by atoms with Crippen molar-refractivity contribution < 1.29 is 14.3 Å². The van der Waals surface area contributed by atoms with Crippen molar-refractivity contribution in [3.8, 4) is 22.9 Å². The molecular weight excluding hydrogens is 442 g/mol. The fourth-order valence-corrected chi connectivity index (χ4v) is 3.48. The number of hydrogen-bond acceptors (Lipinski definition) is 6. The fraction of sp³-hybridized carbons (Fsp3) is 0.148. The monoisotopic (exact) mass is 465 g/mol. The van der Waals surface area contributed by atoms with Crippen molar-refractivity contribution in [1.82, 2.24) is 15.3 Å². The predicted octanol–water partition coefficient (Wildman–Crippen LogP) is 4.33. The van der Waals surface area contributed by atoms with Crippen molar-refractivity contribution in [1.29, 1.82) is 5.26 Å². The first-order valence-corrected chi connectivity index (χ1v) is 11.1. The molecule has 2 N–H and O–H groups in total. The van der Waals surface area contributed by atoms with Gasteiger partial charge in [-0.2, -0.15) is 5.26 Å². The number of ether oxygens (including phenoxy) is 1. The molecule has 8 nitrogen and oxygen atoms in total. The SMILES string of the molecule is CC(=O)NCCCOc1cc(C(=O)Nc2ccc3cccnc3n2)ccc1-c1ccc(C#N)cc1. The van der Waals surface area contributed by atoms with Crippen LogP contribution in [0.5, 0.6) is 5.75 Å². The van der Waals surface area contributed by atoms with E-state index < -0.39 is 0 Å². The van der Waals surface area contributed by atoms with Gasteiger partial charge < -0.3 is 15.4 Å². The summed E-state index contributed by atoms with van der Waals surface area (Å²) in [5, 5.41) is 15.5. The van der Waals surface area contributed by atoms with Gasteiger partial charge in [0.1, 0.15) is 11.6 Å². The molecule has 0 aliphatic heterocycles. The predicted molar refractivity (Wildman–Crippen MR) is 133 cm³/mol. The third-order valence-electron chi connectivity index (χ3n) is 5.23. The quantitative estimate of drug-likeness (QED) is 0.374. The van der Waals surface area contributed by atoms with E-state index in [1.165, 1.54) is 6.92 Å². The number of benzene rings is 2. The number of pyridine rings is 2. The highest BCUT2D eigenvalue weighted by Crippen LogP contribution is 2.32. The number of nitrogens with one attached hydrogen (secondary N) is 2. The third kappa shape index (κ3) is 5.97. The van der Waals surface area contributed by atoms with E-state index >= 15 is 0 Å². The molecule has 0 fully saturated rings. The lowest BCUT2D eigenvalue weighted by molar-refractivity contribution is -0.118. The average Bonchev–Trinajstić information content (AvgIpc) is 2.88. The van der Waals surface area contributed by atoms with E-state index in [1.54, 1.807) is 36.5 Å². The molecule has 0 atom stereocenters. The van der Waals surface area contributed by atoms with Crippen LogP contribution >= 0.6 is 0 Å². The van der Waals surface area contributed by atoms with Crippen LogP contribution < -0.4 is 15.4 Å². The number of nitriles is 1. The number of hydrogen-bond donors (Lipinski definition) is 2. The zero-order valence-corrected chi connectivity index (χ0v) is 19.1. The van der Waals surface area contributed by atoms with Gasteiger partial charge in [-0.1, -0.05) is 12.1 Å². The van der Waals surface area contributed by atoms with Crippen LogP contribution in [0.3, 0.4) is 0 Å². The fourth-order valence-electron chi connectivity index (χ4n) is 3.48. The van der Waals surface area contributed by atoms with E-state index in [0.717, 1.165) is 16.5 Å². The Morgan fingerprint density at radius 2 is 1.89 bits per heavy atom. The van der Waals surface area contributed by atoms with Crippen LogP contribution in [0.15, 0.2) is 72.9 Å². The Balaban J connectivity index is 1.56. The second-order valence-electron chi connectivity index (χ2n) is 7.79. The summed E-state index contributed by atoms with van der Waals surface area (Å²) in [5.41, 5.74) is 3.15. The third-order valence-corrected chi connectivity index (χ3v) is 5.23. The van der Waals surface area contributed by atoms with Crippen molar-refractivity contribution in [2.24, 2.45) is 0 Å². The van der Waals surface area contributed by atoms with Crippen LogP contribution in [0.1, 0.15) is 29.3 Å². The highest BCUT2D eigenvalue weighted by molar-refractivity contribution is 6.04. The largest absolute Gasteiger partial charge is 0.493 e. The molecule has 0 bridgehead atoms. The van der Waals surface area contributed by atoms with Gasteiger partial charge in [0.05, 0.1) is 18.2 Å². The number of nitrogens with zero attached hydrogens (tertiary/aromatic N) is 3. The van der Waals surface area contributed by atoms with Gasteiger partial charge in [-0.15, -0.1) is 0 Å². The maximum absolute atomic E-state index is 13.0. The molecule has 35 heavy (non-hydrogen) atoms. The molecular formula is C27H23N5O3. The van der Waals surface area contributed by atoms with Crippen LogP contribution in [-0.2, 0) is 4.79 Å². The second-order valence-corrected chi connectivity index (χ2v) is 7.79. The Bertz CT molecular complexity index is 1410. The summed E-state index contributed by atoms with van der Waals surface area (Å²) in [7, 11) is 0. The molecule has 4 aromatic rings. The Labute approximate surface area is 202 Å². The molecule has 2 aromatic heterocycles. The minimum atomic E-state index is -0.331. The maximum Gasteiger partial charge on any atom is 0.256 e. The van der Waals surface area contributed by atoms with Crippen LogP contribution in [0.25, 0.3) is 22.2 Å². The molecule has 2 heterocycles. The van der Waals surface area contributed by atoms with E-state index in [4.69, 9.17) is 10.00 Å². The molecule has 0 spiro atoms. The average molecular weight is 466 g/mol. The molecule has 174 valence electrons. The van der Waals surface area contributed by atoms with Gasteiger partial charge in [-0.3, -0.25) is 9.59 Å². The van der Waals surface area contributed by atoms with Crippen LogP contribution in [0.4, 0.5) is 5.82 Å². The number of aromatic nitrogens is 2. The van der Waals surface area contributed by atoms with Crippen LogP contribution in [0.2, 0.25) is 0 Å². The van der Waals surface area contributed by atoms with E-state index in [-0.39, 0.29) is 11.8 Å². The second kappa shape index (κ2) is 10.9. The number of carbonyl (C=O) groups excluding carboxylic acids is 2. The van der Waals surface area contributed by atoms with E-state index in [9.17, 15) is 9.59 Å². The molecule has 0 unspecified atom stereocenters. The zero-order chi connectivity index (χ0) is 24.6. The Morgan fingerprint density at radius 3 is 2.66 bits per heavy atom. The smallest absolute Gasteiger partial charge is 0.256 e. The summed E-state index contributed by atoms with van der Waals surface area (Å²) in [6.45, 7) is 2.31. The summed E-state index contributed by atoms with van der Waals surface area (Å²) in [6, 6.07) is 21.8. The van der Waals surface area contributed by atoms with Crippen molar-refractivity contribution in [3.05, 3.63) is 84.1 Å². The number of fused-ring (bicyclic) bond motifs is 1. The lowest BCUT2D eigenvalue weighted by Gasteiger charge is -2.14. The summed E-state index contributed by atoms with van der Waals surface area (Å²) in [5.74, 6) is 0.496. The first-order valence-electron chi connectivity index (χ1n) is 11.1. The Morgan fingerprint density at radius 1 is 1.06 bits per heavy atom. The molecule has 0 radical (unpaired) electrons. The van der Waals surface area contributed by atoms with Crippen molar-refractivity contribution in [2.45, 2.75) is 13.3 Å². The first kappa shape index (κ1) is 23.4. The van der Waals surface area contributed by atoms with Gasteiger partial charge >= 0.3 is 0 Å². The first-order chi connectivity index (χ1) is 17.0. The van der Waals surface area contributed by atoms with Crippen molar-refractivity contribution >= 4 is 28.7 Å². The number of rotatable bonds is 8. The molecule has 0 saturated carbocycles. The standard InChI is InChI=1S/C27H23N5O3/c1-18(33)29-14-3-15-35-24-16-22(9-11-23(24)20-7-5-19(17-28)6-8-20)27(34)32-25-12-10-21-4-2-13-30-26(21)31-25/h2,4-13,16H,3,14-15H2,1H3,(H,29,33)(H,30,31,32,34). The number of carbonyl (C=O) groups is 2. The van der Waals surface area contributed by atoms with E-state index in [0.29, 0.717) is 47.9 Å². The lowest BCUT2D eigenvalue weighted by Crippen LogP contribution is -2.22. The van der Waals surface area contributed by atoms with E-state index in [1.807, 2.05) is 36.4 Å². The zero-order valence-electron chi connectivity index (χ0n) is 19.1. The molecule has 8 heteroatoms. The highest BCUT2D eigenvalue weighted by Gasteiger charge is 2.14. The van der Waals surface area contributed by atoms with Crippen LogP contribution in [-0.4, -0.2) is 34.9 Å². The summed E-state index contributed by atoms with van der Waals surface area (Å²) in [4.78, 5) is 32.7. The van der Waals surface area contributed by atoms with Gasteiger partial charge in [0.2, 0.25) is 5.91 Å². The minimum Gasteiger partial charge on any atom is -0.493 e. The van der Waals surface area contributed by atoms with Gasteiger partial charge in [0.15, 0.2) is 5.65 Å². The molecule has 0 aliphatic rings. The van der Waals surface area contributed by atoms with E-state index in [2.05, 4.69) is 26.7 Å². The lowest BCUT2D eigenvalue weighted by atomic mass is 10.0. The minimum absolute atomic E-state index is 0.0977. The van der Waals surface area contributed by atoms with Crippen LogP contribution in [0, 0.1) is 11.3 Å². The summed E-state index contributed by atoms with van der Waals surface area (Å²) < 4.78 is 6.01. The molecule has 0 aliphatic carbocycles. The Hall–Kier alpha value is -4.77. The van der Waals surface area contributed by atoms with Crippen molar-refractivity contribution in [3.63, 3.8) is 0 Å². The number of anilines is 1. The van der Waals surface area contributed by atoms with Crippen molar-refractivity contribution in [2.75, 3.05) is 18.5 Å². The summed E-state index contributed by atoms with van der Waals surface area (Å²) >= 11 is 0. The topological polar surface area (TPSA) is 117 Å². The molecule has 2 aromatic carbocycles. The molecule has 2 amide bonds. The van der Waals surface area contributed by atoms with Gasteiger partial charge in [0, 0.05) is 36.2 Å². The maximum atomic E-state index is 13.0. The van der Waals surface area contributed by atoms with Gasteiger partial charge in [-0.25, -0.2) is 9.97 Å². The summed E-state index contributed by atoms with van der Waals surface area (Å²) in [6.07, 6.45) is 2.26. The van der Waals surface area contributed by atoms with Gasteiger partial charge in [-0.05, 0) is 66.6 Å². The highest BCUT2D eigenvalue weighted by atomic mass is 16.5. The normalized spacial score (nSPS) is 10.4. The number of amides is 2.